The highest BCUT2D eigenvalue weighted by Gasteiger charge is 2.30. The molecule has 130 valence electrons. The van der Waals surface area contributed by atoms with Crippen molar-refractivity contribution < 1.29 is 9.32 Å². The van der Waals surface area contributed by atoms with E-state index in [2.05, 4.69) is 27.3 Å². The zero-order chi connectivity index (χ0) is 17.1. The molecule has 0 spiro atoms. The average molecular weight is 338 g/mol. The van der Waals surface area contributed by atoms with E-state index in [1.54, 1.807) is 12.4 Å². The van der Waals surface area contributed by atoms with Gasteiger partial charge in [-0.25, -0.2) is 0 Å². The number of aromatic nitrogens is 3. The molecule has 0 saturated carbocycles. The van der Waals surface area contributed by atoms with Crippen molar-refractivity contribution in [2.75, 3.05) is 13.1 Å². The summed E-state index contributed by atoms with van der Waals surface area (Å²) in [5, 5.41) is 4.16. The van der Waals surface area contributed by atoms with Crippen molar-refractivity contribution >= 4 is 5.91 Å². The number of allylic oxidation sites excluding steroid dienone is 2. The van der Waals surface area contributed by atoms with Crippen molar-refractivity contribution in [1.29, 1.82) is 0 Å². The summed E-state index contributed by atoms with van der Waals surface area (Å²) in [6, 6.07) is 3.72. The summed E-state index contributed by atoms with van der Waals surface area (Å²) in [7, 11) is 0. The van der Waals surface area contributed by atoms with E-state index >= 15 is 0 Å². The van der Waals surface area contributed by atoms with Crippen LogP contribution in [0.1, 0.15) is 43.8 Å². The van der Waals surface area contributed by atoms with Crippen LogP contribution in [0, 0.1) is 5.92 Å². The number of likely N-dealkylation sites (tertiary alicyclic amines) is 1. The minimum Gasteiger partial charge on any atom is -0.342 e. The maximum absolute atomic E-state index is 12.6. The number of nitrogens with zero attached hydrogens (tertiary/aromatic N) is 4. The fraction of sp³-hybridized carbons (Fsp3) is 0.474. The third-order valence-corrected chi connectivity index (χ3v) is 5.16. The Balaban J connectivity index is 1.37. The molecule has 1 atom stereocenters. The molecule has 0 aromatic carbocycles. The Morgan fingerprint density at radius 1 is 1.12 bits per heavy atom. The maximum atomic E-state index is 12.6. The van der Waals surface area contributed by atoms with Gasteiger partial charge in [0.2, 0.25) is 5.91 Å². The van der Waals surface area contributed by atoms with Crippen LogP contribution in [0.2, 0.25) is 0 Å². The molecule has 1 aliphatic heterocycles. The normalized spacial score (nSPS) is 21.4. The Bertz CT molecular complexity index is 748. The van der Waals surface area contributed by atoms with Gasteiger partial charge in [-0.15, -0.1) is 0 Å². The van der Waals surface area contributed by atoms with E-state index in [1.807, 2.05) is 17.0 Å². The lowest BCUT2D eigenvalue weighted by atomic mass is 9.90. The Morgan fingerprint density at radius 2 is 1.92 bits per heavy atom. The van der Waals surface area contributed by atoms with Gasteiger partial charge < -0.3 is 9.42 Å². The van der Waals surface area contributed by atoms with Gasteiger partial charge in [-0.3, -0.25) is 9.78 Å². The van der Waals surface area contributed by atoms with Crippen LogP contribution >= 0.6 is 0 Å². The van der Waals surface area contributed by atoms with Crippen LogP contribution < -0.4 is 0 Å². The van der Waals surface area contributed by atoms with Crippen molar-refractivity contribution in [3.05, 3.63) is 42.5 Å². The van der Waals surface area contributed by atoms with Crippen LogP contribution in [-0.4, -0.2) is 39.0 Å². The van der Waals surface area contributed by atoms with Gasteiger partial charge in [-0.05, 0) is 44.2 Å². The van der Waals surface area contributed by atoms with Crippen molar-refractivity contribution in [2.24, 2.45) is 5.92 Å². The first-order chi connectivity index (χ1) is 12.3. The summed E-state index contributed by atoms with van der Waals surface area (Å²) in [5.74, 6) is 2.03. The topological polar surface area (TPSA) is 72.1 Å². The second-order valence-corrected chi connectivity index (χ2v) is 6.77. The molecule has 2 aromatic rings. The van der Waals surface area contributed by atoms with Gasteiger partial charge in [0.15, 0.2) is 5.82 Å². The van der Waals surface area contributed by atoms with E-state index in [4.69, 9.17) is 4.52 Å². The van der Waals surface area contributed by atoms with Crippen LogP contribution in [0.15, 0.2) is 41.2 Å². The van der Waals surface area contributed by atoms with Gasteiger partial charge >= 0.3 is 0 Å². The summed E-state index contributed by atoms with van der Waals surface area (Å²) in [4.78, 5) is 23.2. The minimum atomic E-state index is 0.171. The van der Waals surface area contributed by atoms with Crippen LogP contribution in [0.3, 0.4) is 0 Å². The van der Waals surface area contributed by atoms with Gasteiger partial charge in [0, 0.05) is 42.9 Å². The lowest BCUT2D eigenvalue weighted by molar-refractivity contribution is -0.136. The van der Waals surface area contributed by atoms with Crippen molar-refractivity contribution in [3.63, 3.8) is 0 Å². The van der Waals surface area contributed by atoms with Crippen molar-refractivity contribution in [3.8, 4) is 11.5 Å². The summed E-state index contributed by atoms with van der Waals surface area (Å²) in [5.41, 5.74) is 0.881. The molecule has 0 N–H and O–H groups in total. The number of carbonyl (C=O) groups is 1. The molecule has 1 fully saturated rings. The zero-order valence-corrected chi connectivity index (χ0v) is 14.2. The van der Waals surface area contributed by atoms with Gasteiger partial charge in [0.1, 0.15) is 0 Å². The molecule has 2 aromatic heterocycles. The molecule has 4 rings (SSSR count). The molecule has 0 unspecified atom stereocenters. The van der Waals surface area contributed by atoms with E-state index < -0.39 is 0 Å². The molecule has 1 saturated heterocycles. The average Bonchev–Trinajstić information content (AvgIpc) is 3.19. The van der Waals surface area contributed by atoms with Crippen molar-refractivity contribution in [1.82, 2.24) is 20.0 Å². The number of carbonyl (C=O) groups excluding carboxylic acids is 1. The second-order valence-electron chi connectivity index (χ2n) is 6.77. The number of rotatable bonds is 3. The van der Waals surface area contributed by atoms with Crippen LogP contribution in [0.25, 0.3) is 11.5 Å². The highest BCUT2D eigenvalue weighted by Crippen LogP contribution is 2.30. The number of hydrogen-bond donors (Lipinski definition) is 0. The third-order valence-electron chi connectivity index (χ3n) is 5.16. The van der Waals surface area contributed by atoms with E-state index in [9.17, 15) is 4.79 Å². The Kier molecular flexibility index (Phi) is 4.59. The van der Waals surface area contributed by atoms with Gasteiger partial charge in [0.05, 0.1) is 0 Å². The zero-order valence-electron chi connectivity index (χ0n) is 14.2. The van der Waals surface area contributed by atoms with E-state index in [0.717, 1.165) is 56.6 Å². The number of amides is 1. The van der Waals surface area contributed by atoms with E-state index in [0.29, 0.717) is 11.8 Å². The lowest BCUT2D eigenvalue weighted by Crippen LogP contribution is -2.41. The molecule has 25 heavy (non-hydrogen) atoms. The highest BCUT2D eigenvalue weighted by molar-refractivity contribution is 5.79. The summed E-state index contributed by atoms with van der Waals surface area (Å²) < 4.78 is 5.40. The largest absolute Gasteiger partial charge is 0.342 e. The lowest BCUT2D eigenvalue weighted by Gasteiger charge is -2.33. The number of piperidine rings is 1. The van der Waals surface area contributed by atoms with Gasteiger partial charge in [-0.1, -0.05) is 17.3 Å². The molecule has 0 bridgehead atoms. The van der Waals surface area contributed by atoms with Crippen molar-refractivity contribution in [2.45, 2.75) is 38.0 Å². The van der Waals surface area contributed by atoms with Gasteiger partial charge in [-0.2, -0.15) is 4.98 Å². The standard InChI is InChI=1S/C19H22N4O2/c24-19(16-4-2-1-3-5-16)23-12-8-14(9-13-23)17-21-18(25-22-17)15-6-10-20-11-7-15/h1-2,6-7,10-11,14,16H,3-5,8-9,12-13H2/t16-/m1/s1. The molecular weight excluding hydrogens is 316 g/mol. The fourth-order valence-corrected chi connectivity index (χ4v) is 3.65. The van der Waals surface area contributed by atoms with Crippen LogP contribution in [-0.2, 0) is 4.79 Å². The summed E-state index contributed by atoms with van der Waals surface area (Å²) in [6.45, 7) is 1.56. The molecule has 6 nitrogen and oxygen atoms in total. The van der Waals surface area contributed by atoms with Crippen LogP contribution in [0.4, 0.5) is 0 Å². The minimum absolute atomic E-state index is 0.171. The number of pyridine rings is 1. The molecule has 6 heteroatoms. The fourth-order valence-electron chi connectivity index (χ4n) is 3.65. The summed E-state index contributed by atoms with van der Waals surface area (Å²) >= 11 is 0. The first-order valence-corrected chi connectivity index (χ1v) is 8.99. The number of hydrogen-bond acceptors (Lipinski definition) is 5. The SMILES string of the molecule is O=C([C@@H]1CC=CCC1)N1CCC(c2noc(-c3ccncc3)n2)CC1. The van der Waals surface area contributed by atoms with Crippen LogP contribution in [0.5, 0.6) is 0 Å². The van der Waals surface area contributed by atoms with E-state index in [1.165, 1.54) is 0 Å². The van der Waals surface area contributed by atoms with E-state index in [-0.39, 0.29) is 11.8 Å². The third kappa shape index (κ3) is 3.48. The summed E-state index contributed by atoms with van der Waals surface area (Å²) in [6.07, 6.45) is 12.4. The monoisotopic (exact) mass is 338 g/mol. The highest BCUT2D eigenvalue weighted by atomic mass is 16.5. The first kappa shape index (κ1) is 16.0. The predicted octanol–water partition coefficient (Wildman–Crippen LogP) is 3.19. The smallest absolute Gasteiger partial charge is 0.258 e. The Hall–Kier alpha value is -2.50. The molecule has 3 heterocycles. The first-order valence-electron chi connectivity index (χ1n) is 8.99. The molecule has 2 aliphatic rings. The molecule has 0 radical (unpaired) electrons. The maximum Gasteiger partial charge on any atom is 0.258 e. The molecule has 1 aliphatic carbocycles. The molecular formula is C19H22N4O2. The Labute approximate surface area is 146 Å². The molecule has 1 amide bonds. The predicted molar refractivity (Wildman–Crippen MR) is 92.6 cm³/mol. The quantitative estimate of drug-likeness (QED) is 0.804. The van der Waals surface area contributed by atoms with Gasteiger partial charge in [0.25, 0.3) is 5.89 Å². The Morgan fingerprint density at radius 3 is 2.64 bits per heavy atom. The second kappa shape index (κ2) is 7.17.